The summed E-state index contributed by atoms with van der Waals surface area (Å²) in [5.74, 6) is 0.0427. The molecule has 0 saturated heterocycles. The van der Waals surface area contributed by atoms with Crippen LogP contribution in [-0.2, 0) is 16.4 Å². The van der Waals surface area contributed by atoms with Crippen molar-refractivity contribution in [1.82, 2.24) is 4.90 Å². The number of furan rings is 1. The molecule has 0 aliphatic carbocycles. The van der Waals surface area contributed by atoms with Crippen molar-refractivity contribution in [2.75, 3.05) is 37.1 Å². The van der Waals surface area contributed by atoms with Crippen LogP contribution in [0.1, 0.15) is 112 Å². The summed E-state index contributed by atoms with van der Waals surface area (Å²) >= 11 is 0. The standard InChI is InChI=1S/C31H44N2O5S/c1-5-8-12-29-30(27-23-25(32-39(4,35)36)15-18-28(27)38-29)31(34)24-13-16-26(17-14-24)37-22-11-21-33(19-9-6-2)20-10-7-3/h13-18,23,32H,5-12,19-22H2,1-4H3/i2D3,3D3,6D2,7D2,9D2,10D2,19D2,20D2. The molecule has 0 aliphatic heterocycles. The lowest BCUT2D eigenvalue weighted by atomic mass is 9.98. The van der Waals surface area contributed by atoms with Crippen molar-refractivity contribution in [3.8, 4) is 5.75 Å². The number of hydrogen-bond donors (Lipinski definition) is 1. The zero-order valence-electron chi connectivity index (χ0n) is 39.7. The summed E-state index contributed by atoms with van der Waals surface area (Å²) in [4.78, 5) is 13.6. The fourth-order valence-corrected chi connectivity index (χ4v) is 4.33. The van der Waals surface area contributed by atoms with E-state index in [9.17, 15) is 13.2 Å². The summed E-state index contributed by atoms with van der Waals surface area (Å²) in [5.41, 5.74) is 0.966. The Balaban J connectivity index is 1.94. The van der Waals surface area contributed by atoms with Gasteiger partial charge in [-0.3, -0.25) is 9.52 Å². The molecule has 214 valence electrons. The molecule has 0 unspecified atom stereocenters. The fourth-order valence-electron chi connectivity index (χ4n) is 3.78. The second kappa shape index (κ2) is 15.1. The van der Waals surface area contributed by atoms with Crippen LogP contribution in [0.3, 0.4) is 0 Å². The number of carbonyl (C=O) groups excluding carboxylic acids is 1. The van der Waals surface area contributed by atoms with Crippen LogP contribution in [0, 0.1) is 0 Å². The third-order valence-corrected chi connectivity index (χ3v) is 6.07. The molecule has 0 fully saturated rings. The van der Waals surface area contributed by atoms with E-state index in [1.807, 2.05) is 6.92 Å². The quantitative estimate of drug-likeness (QED) is 0.129. The fraction of sp³-hybridized carbons (Fsp3) is 0.516. The first-order chi connectivity index (χ1) is 25.6. The van der Waals surface area contributed by atoms with Gasteiger partial charge in [0.05, 0.1) is 18.4 Å². The van der Waals surface area contributed by atoms with E-state index < -0.39 is 87.6 Å². The molecule has 7 nitrogen and oxygen atoms in total. The van der Waals surface area contributed by atoms with Gasteiger partial charge in [-0.25, -0.2) is 8.42 Å². The van der Waals surface area contributed by atoms with E-state index >= 15 is 0 Å². The lowest BCUT2D eigenvalue weighted by Crippen LogP contribution is -2.28. The summed E-state index contributed by atoms with van der Waals surface area (Å²) in [7, 11) is -3.63. The number of carbonyl (C=O) groups is 1. The molecule has 1 N–H and O–H groups in total. The van der Waals surface area contributed by atoms with Crippen molar-refractivity contribution in [3.05, 3.63) is 59.4 Å². The smallest absolute Gasteiger partial charge is 0.229 e. The molecule has 0 atom stereocenters. The van der Waals surface area contributed by atoms with E-state index in [4.69, 9.17) is 33.8 Å². The van der Waals surface area contributed by atoms with Crippen LogP contribution in [0.15, 0.2) is 46.9 Å². The first kappa shape index (κ1) is 14.2. The Morgan fingerprint density at radius 2 is 1.79 bits per heavy atom. The molecule has 1 heterocycles. The van der Waals surface area contributed by atoms with Gasteiger partial charge < -0.3 is 14.1 Å². The van der Waals surface area contributed by atoms with Crippen LogP contribution in [0.4, 0.5) is 5.69 Å². The van der Waals surface area contributed by atoms with Gasteiger partial charge in [-0.15, -0.1) is 0 Å². The highest BCUT2D eigenvalue weighted by molar-refractivity contribution is 7.92. The third-order valence-electron chi connectivity index (χ3n) is 5.47. The molecule has 0 amide bonds. The van der Waals surface area contributed by atoms with Gasteiger partial charge in [0.25, 0.3) is 0 Å². The molecular weight excluding hydrogens is 512 g/mol. The van der Waals surface area contributed by atoms with E-state index in [-0.39, 0.29) is 27.5 Å². The molecule has 39 heavy (non-hydrogen) atoms. The Kier molecular flexibility index (Phi) is 5.48. The molecule has 3 aromatic rings. The van der Waals surface area contributed by atoms with Crippen LogP contribution >= 0.6 is 0 Å². The van der Waals surface area contributed by atoms with Crippen LogP contribution < -0.4 is 9.46 Å². The highest BCUT2D eigenvalue weighted by Gasteiger charge is 2.22. The molecule has 0 saturated carbocycles. The minimum absolute atomic E-state index is 0.107. The topological polar surface area (TPSA) is 88.8 Å². The summed E-state index contributed by atoms with van der Waals surface area (Å²) in [6.07, 6.45) is -14.0. The number of nitrogens with zero attached hydrogens (tertiary/aromatic N) is 1. The van der Waals surface area contributed by atoms with Crippen LogP contribution in [0.2, 0.25) is 0 Å². The van der Waals surface area contributed by atoms with Crippen molar-refractivity contribution in [2.24, 2.45) is 0 Å². The Morgan fingerprint density at radius 1 is 1.08 bits per heavy atom. The van der Waals surface area contributed by atoms with Crippen LogP contribution in [-0.4, -0.2) is 51.5 Å². The van der Waals surface area contributed by atoms with Gasteiger partial charge in [-0.2, -0.15) is 0 Å². The first-order valence-electron chi connectivity index (χ1n) is 21.2. The second-order valence-corrected chi connectivity index (χ2v) is 10.3. The Morgan fingerprint density at radius 3 is 2.44 bits per heavy atom. The number of ether oxygens (including phenoxy) is 1. The van der Waals surface area contributed by atoms with Gasteiger partial charge in [-0.1, -0.05) is 39.8 Å². The summed E-state index contributed by atoms with van der Waals surface area (Å²) in [5, 5.41) is 0.372. The molecule has 0 radical (unpaired) electrons. The van der Waals surface area contributed by atoms with Crippen molar-refractivity contribution in [2.45, 2.75) is 71.8 Å². The Hall–Kier alpha value is -2.84. The van der Waals surface area contributed by atoms with Crippen molar-refractivity contribution < 1.29 is 47.0 Å². The molecule has 2 aromatic carbocycles. The largest absolute Gasteiger partial charge is 0.494 e. The normalized spacial score (nSPS) is 21.5. The maximum absolute atomic E-state index is 13.9. The zero-order valence-corrected chi connectivity index (χ0v) is 22.5. The molecule has 8 heteroatoms. The number of anilines is 1. The van der Waals surface area contributed by atoms with E-state index in [1.165, 1.54) is 36.4 Å². The molecule has 0 bridgehead atoms. The number of hydrogen-bond acceptors (Lipinski definition) is 6. The number of fused-ring (bicyclic) bond motifs is 1. The molecular formula is C31H44N2O5S. The van der Waals surface area contributed by atoms with E-state index in [0.29, 0.717) is 29.6 Å². The highest BCUT2D eigenvalue weighted by atomic mass is 32.2. The number of rotatable bonds is 18. The van der Waals surface area contributed by atoms with Crippen LogP contribution in [0.5, 0.6) is 5.75 Å². The summed E-state index contributed by atoms with van der Waals surface area (Å²) < 4.78 is 182. The van der Waals surface area contributed by atoms with Gasteiger partial charge >= 0.3 is 0 Å². The Labute approximate surface area is 259 Å². The minimum Gasteiger partial charge on any atom is -0.494 e. The maximum atomic E-state index is 13.9. The van der Waals surface area contributed by atoms with E-state index in [1.54, 1.807) is 6.07 Å². The van der Waals surface area contributed by atoms with Gasteiger partial charge in [-0.05, 0) is 81.0 Å². The van der Waals surface area contributed by atoms with E-state index in [0.717, 1.165) is 12.7 Å². The molecule has 3 rings (SSSR count). The number of sulfonamides is 1. The average Bonchev–Trinajstić information content (AvgIpc) is 3.42. The highest BCUT2D eigenvalue weighted by Crippen LogP contribution is 2.32. The SMILES string of the molecule is [2H]C([2H])([2H])C([2H])([2H])C([2H])([2H])C([2H])([2H])N(CCCOc1ccc(C(=O)c2c(CCCC)oc3ccc(NS(C)(=O)=O)cc23)cc1)C([2H])([2H])C([2H])([2H])C([2H])([2H])C([2H])([2H])[2H]. The van der Waals surface area contributed by atoms with Crippen molar-refractivity contribution in [1.29, 1.82) is 0 Å². The lowest BCUT2D eigenvalue weighted by Gasteiger charge is -2.21. The van der Waals surface area contributed by atoms with Gasteiger partial charge in [0.15, 0.2) is 5.78 Å². The minimum atomic E-state index is -4.15. The predicted molar refractivity (Wildman–Crippen MR) is 160 cm³/mol. The number of unbranched alkanes of at least 4 members (excludes halogenated alkanes) is 1. The van der Waals surface area contributed by atoms with Gasteiger partial charge in [0.1, 0.15) is 17.1 Å². The van der Waals surface area contributed by atoms with Gasteiger partial charge in [0.2, 0.25) is 10.0 Å². The Bertz CT molecular complexity index is 1960. The van der Waals surface area contributed by atoms with Gasteiger partial charge in [0, 0.05) is 54.3 Å². The number of benzene rings is 2. The average molecular weight is 575 g/mol. The summed E-state index contributed by atoms with van der Waals surface area (Å²) in [6, 6.07) is 10.1. The predicted octanol–water partition coefficient (Wildman–Crippen LogP) is 7.05. The molecule has 0 aliphatic rings. The molecule has 1 aromatic heterocycles. The second-order valence-electron chi connectivity index (χ2n) is 8.52. The number of ketones is 1. The summed E-state index contributed by atoms with van der Waals surface area (Å²) in [6.45, 7) is -15.4. The van der Waals surface area contributed by atoms with E-state index in [2.05, 4.69) is 4.72 Å². The first-order valence-corrected chi connectivity index (χ1v) is 14.1. The van der Waals surface area contributed by atoms with Crippen molar-refractivity contribution in [3.63, 3.8) is 0 Å². The monoisotopic (exact) mass is 574 g/mol. The number of aryl methyl sites for hydroxylation is 1. The maximum Gasteiger partial charge on any atom is 0.229 e. The molecule has 0 spiro atoms. The lowest BCUT2D eigenvalue weighted by molar-refractivity contribution is 0.103. The number of nitrogens with one attached hydrogen (secondary N) is 1. The third kappa shape index (κ3) is 9.39. The van der Waals surface area contributed by atoms with Crippen molar-refractivity contribution >= 4 is 32.5 Å². The van der Waals surface area contributed by atoms with Crippen LogP contribution in [0.25, 0.3) is 11.0 Å². The zero-order chi connectivity index (χ0) is 44.0.